The van der Waals surface area contributed by atoms with Crippen molar-refractivity contribution in [1.29, 1.82) is 0 Å². The molecule has 20 heavy (non-hydrogen) atoms. The van der Waals surface area contributed by atoms with E-state index < -0.39 is 0 Å². The van der Waals surface area contributed by atoms with E-state index in [-0.39, 0.29) is 0 Å². The maximum absolute atomic E-state index is 5.55. The van der Waals surface area contributed by atoms with Crippen LogP contribution in [0.1, 0.15) is 44.7 Å². The van der Waals surface area contributed by atoms with Crippen molar-refractivity contribution >= 4 is 0 Å². The molecule has 0 spiro atoms. The smallest absolute Gasteiger partial charge is 0.122 e. The van der Waals surface area contributed by atoms with Gasteiger partial charge in [-0.3, -0.25) is 0 Å². The average Bonchev–Trinajstić information content (AvgIpc) is 2.88. The Morgan fingerprint density at radius 3 is 3.05 bits per heavy atom. The first-order chi connectivity index (χ1) is 9.65. The Bertz CT molecular complexity index is 462. The predicted molar refractivity (Wildman–Crippen MR) is 85.5 cm³/mol. The van der Waals surface area contributed by atoms with E-state index >= 15 is 0 Å². The molecule has 1 aromatic carbocycles. The minimum atomic E-state index is 0.581. The van der Waals surface area contributed by atoms with Crippen LogP contribution in [0.15, 0.2) is 29.8 Å². The van der Waals surface area contributed by atoms with Crippen LogP contribution in [0.3, 0.4) is 0 Å². The summed E-state index contributed by atoms with van der Waals surface area (Å²) in [7, 11) is 0. The second kappa shape index (κ2) is 7.49. The van der Waals surface area contributed by atoms with Crippen molar-refractivity contribution in [2.24, 2.45) is 0 Å². The van der Waals surface area contributed by atoms with E-state index in [1.165, 1.54) is 16.7 Å². The van der Waals surface area contributed by atoms with Gasteiger partial charge in [-0.15, -0.1) is 0 Å². The fourth-order valence-electron chi connectivity index (χ4n) is 2.53. The zero-order valence-electron chi connectivity index (χ0n) is 13.0. The third-order valence-electron chi connectivity index (χ3n) is 3.75. The van der Waals surface area contributed by atoms with E-state index in [0.29, 0.717) is 6.04 Å². The molecule has 1 aromatic rings. The van der Waals surface area contributed by atoms with Crippen LogP contribution in [-0.2, 0) is 12.8 Å². The highest BCUT2D eigenvalue weighted by atomic mass is 16.5. The SMILES string of the molecule is CC(=CCCNC(C)C)CCc1ccc2c(c1)CCO2. The van der Waals surface area contributed by atoms with Crippen molar-refractivity contribution < 1.29 is 4.74 Å². The van der Waals surface area contributed by atoms with Gasteiger partial charge >= 0.3 is 0 Å². The first-order valence-electron chi connectivity index (χ1n) is 7.79. The Labute approximate surface area is 123 Å². The molecule has 0 amide bonds. The van der Waals surface area contributed by atoms with Gasteiger partial charge in [0.15, 0.2) is 0 Å². The maximum atomic E-state index is 5.55. The van der Waals surface area contributed by atoms with Gasteiger partial charge in [0.05, 0.1) is 6.61 Å². The van der Waals surface area contributed by atoms with Crippen molar-refractivity contribution in [3.8, 4) is 5.75 Å². The molecule has 0 unspecified atom stereocenters. The summed E-state index contributed by atoms with van der Waals surface area (Å²) in [6.45, 7) is 8.54. The fraction of sp³-hybridized carbons (Fsp3) is 0.556. The zero-order chi connectivity index (χ0) is 14.4. The van der Waals surface area contributed by atoms with E-state index in [1.54, 1.807) is 0 Å². The van der Waals surface area contributed by atoms with E-state index in [4.69, 9.17) is 4.74 Å². The largest absolute Gasteiger partial charge is 0.493 e. The standard InChI is InChI=1S/C18H27NO/c1-14(2)19-11-4-5-15(3)6-7-16-8-9-18-17(13-16)10-12-20-18/h5,8-9,13-14,19H,4,6-7,10-12H2,1-3H3. The van der Waals surface area contributed by atoms with Gasteiger partial charge in [-0.25, -0.2) is 0 Å². The van der Waals surface area contributed by atoms with Gasteiger partial charge in [0, 0.05) is 12.5 Å². The topological polar surface area (TPSA) is 21.3 Å². The van der Waals surface area contributed by atoms with Gasteiger partial charge in [-0.1, -0.05) is 37.6 Å². The van der Waals surface area contributed by atoms with E-state index in [9.17, 15) is 0 Å². The average molecular weight is 273 g/mol. The summed E-state index contributed by atoms with van der Waals surface area (Å²) in [5.41, 5.74) is 4.31. The van der Waals surface area contributed by atoms with Crippen molar-refractivity contribution in [3.63, 3.8) is 0 Å². The predicted octanol–water partition coefficient (Wildman–Crippen LogP) is 3.89. The first kappa shape index (κ1) is 15.1. The second-order valence-electron chi connectivity index (χ2n) is 5.99. The molecule has 0 fully saturated rings. The fourth-order valence-corrected chi connectivity index (χ4v) is 2.53. The Hall–Kier alpha value is -1.28. The third-order valence-corrected chi connectivity index (χ3v) is 3.75. The Balaban J connectivity index is 1.75. The number of rotatable bonds is 7. The zero-order valence-corrected chi connectivity index (χ0v) is 13.0. The number of fused-ring (bicyclic) bond motifs is 1. The molecule has 2 rings (SSSR count). The van der Waals surface area contributed by atoms with Crippen molar-refractivity contribution in [1.82, 2.24) is 5.32 Å². The Morgan fingerprint density at radius 1 is 1.40 bits per heavy atom. The molecule has 1 N–H and O–H groups in total. The molecule has 0 atom stereocenters. The molecule has 0 aliphatic carbocycles. The molecule has 2 nitrogen and oxygen atoms in total. The third kappa shape index (κ3) is 4.68. The van der Waals surface area contributed by atoms with Crippen molar-refractivity contribution in [3.05, 3.63) is 41.0 Å². The number of ether oxygens (including phenoxy) is 1. The quantitative estimate of drug-likeness (QED) is 0.601. The second-order valence-corrected chi connectivity index (χ2v) is 5.99. The summed E-state index contributed by atoms with van der Waals surface area (Å²) in [5.74, 6) is 1.08. The van der Waals surface area contributed by atoms with Crippen LogP contribution in [0, 0.1) is 0 Å². The first-order valence-corrected chi connectivity index (χ1v) is 7.79. The summed E-state index contributed by atoms with van der Waals surface area (Å²) in [6, 6.07) is 7.23. The monoisotopic (exact) mass is 273 g/mol. The van der Waals surface area contributed by atoms with Gasteiger partial charge in [0.25, 0.3) is 0 Å². The number of hydrogen-bond donors (Lipinski definition) is 1. The number of benzene rings is 1. The molecule has 110 valence electrons. The number of nitrogens with one attached hydrogen (secondary N) is 1. The van der Waals surface area contributed by atoms with E-state index in [1.807, 2.05) is 0 Å². The molecule has 0 saturated carbocycles. The van der Waals surface area contributed by atoms with Crippen molar-refractivity contribution in [2.75, 3.05) is 13.2 Å². The van der Waals surface area contributed by atoms with E-state index in [2.05, 4.69) is 50.4 Å². The minimum absolute atomic E-state index is 0.581. The summed E-state index contributed by atoms with van der Waals surface area (Å²) < 4.78 is 5.55. The number of hydrogen-bond acceptors (Lipinski definition) is 2. The lowest BCUT2D eigenvalue weighted by atomic mass is 10.0. The lowest BCUT2D eigenvalue weighted by molar-refractivity contribution is 0.357. The Kier molecular flexibility index (Phi) is 5.66. The minimum Gasteiger partial charge on any atom is -0.493 e. The summed E-state index contributed by atoms with van der Waals surface area (Å²) in [4.78, 5) is 0. The van der Waals surface area contributed by atoms with Crippen LogP contribution in [0.25, 0.3) is 0 Å². The highest BCUT2D eigenvalue weighted by Crippen LogP contribution is 2.26. The molecule has 0 radical (unpaired) electrons. The van der Waals surface area contributed by atoms with Gasteiger partial charge in [0.2, 0.25) is 0 Å². The highest BCUT2D eigenvalue weighted by molar-refractivity contribution is 5.39. The summed E-state index contributed by atoms with van der Waals surface area (Å²) in [6.07, 6.45) is 6.85. The normalized spacial score (nSPS) is 14.5. The molecule has 1 aliphatic rings. The van der Waals surface area contributed by atoms with Crippen LogP contribution in [0.4, 0.5) is 0 Å². The van der Waals surface area contributed by atoms with Crippen LogP contribution in [-0.4, -0.2) is 19.2 Å². The number of allylic oxidation sites excluding steroid dienone is 1. The van der Waals surface area contributed by atoms with Crippen LogP contribution in [0.5, 0.6) is 5.75 Å². The number of aryl methyl sites for hydroxylation is 1. The molecule has 1 aliphatic heterocycles. The summed E-state index contributed by atoms with van der Waals surface area (Å²) >= 11 is 0. The van der Waals surface area contributed by atoms with Gasteiger partial charge in [0.1, 0.15) is 5.75 Å². The lowest BCUT2D eigenvalue weighted by Gasteiger charge is -2.07. The van der Waals surface area contributed by atoms with Crippen LogP contribution in [0.2, 0.25) is 0 Å². The molecular formula is C18H27NO. The Morgan fingerprint density at radius 2 is 2.25 bits per heavy atom. The highest BCUT2D eigenvalue weighted by Gasteiger charge is 2.11. The van der Waals surface area contributed by atoms with Crippen LogP contribution >= 0.6 is 0 Å². The van der Waals surface area contributed by atoms with Gasteiger partial charge in [-0.2, -0.15) is 0 Å². The van der Waals surface area contributed by atoms with Crippen LogP contribution < -0.4 is 10.1 Å². The molecule has 0 bridgehead atoms. The maximum Gasteiger partial charge on any atom is 0.122 e. The van der Waals surface area contributed by atoms with Gasteiger partial charge < -0.3 is 10.1 Å². The molecule has 1 heterocycles. The van der Waals surface area contributed by atoms with E-state index in [0.717, 1.165) is 44.6 Å². The molecular weight excluding hydrogens is 246 g/mol. The van der Waals surface area contributed by atoms with Crippen molar-refractivity contribution in [2.45, 2.75) is 52.5 Å². The molecule has 2 heteroatoms. The lowest BCUT2D eigenvalue weighted by Crippen LogP contribution is -2.23. The van der Waals surface area contributed by atoms with Gasteiger partial charge in [-0.05, 0) is 49.9 Å². The molecule has 0 saturated heterocycles. The molecule has 0 aromatic heterocycles. The summed E-state index contributed by atoms with van der Waals surface area (Å²) in [5, 5.41) is 3.44.